The molecule has 0 fully saturated rings. The van der Waals surface area contributed by atoms with Crippen LogP contribution < -0.4 is 10.5 Å². The first-order valence-electron chi connectivity index (χ1n) is 10.0. The summed E-state index contributed by atoms with van der Waals surface area (Å²) in [5.41, 5.74) is 9.77. The minimum atomic E-state index is 0.107. The summed E-state index contributed by atoms with van der Waals surface area (Å²) < 4.78 is 7.96. The third-order valence-corrected chi connectivity index (χ3v) is 5.12. The highest BCUT2D eigenvalue weighted by molar-refractivity contribution is 5.85. The van der Waals surface area contributed by atoms with Gasteiger partial charge >= 0.3 is 0 Å². The standard InChI is InChI=1S/C24H24N4O2/c1-17(7-6-14-29)24-27-21(22-23(25)26-12-13-28(22)24)19-10-5-11-20(15-19)30-16-18-8-3-2-4-9-18/h2-5,8-15,17H,6-7,16H2,1H3,(H2,25,26). The Labute approximate surface area is 175 Å². The number of ether oxygens (including phenoxy) is 1. The first-order chi connectivity index (χ1) is 14.7. The van der Waals surface area contributed by atoms with E-state index in [4.69, 9.17) is 15.5 Å². The van der Waals surface area contributed by atoms with Gasteiger partial charge in [-0.05, 0) is 24.1 Å². The van der Waals surface area contributed by atoms with Crippen molar-refractivity contribution in [1.82, 2.24) is 14.4 Å². The third kappa shape index (κ3) is 4.03. The quantitative estimate of drug-likeness (QED) is 0.436. The molecule has 6 nitrogen and oxygen atoms in total. The normalized spacial score (nSPS) is 12.0. The maximum atomic E-state index is 10.8. The molecule has 2 N–H and O–H groups in total. The molecule has 0 saturated carbocycles. The van der Waals surface area contributed by atoms with Crippen molar-refractivity contribution in [2.24, 2.45) is 0 Å². The number of imidazole rings is 1. The number of carbonyl (C=O) groups is 1. The van der Waals surface area contributed by atoms with Crippen LogP contribution in [-0.4, -0.2) is 20.7 Å². The van der Waals surface area contributed by atoms with Crippen LogP contribution in [0.1, 0.15) is 37.1 Å². The summed E-state index contributed by atoms with van der Waals surface area (Å²) in [6.45, 7) is 2.56. The summed E-state index contributed by atoms with van der Waals surface area (Å²) in [5, 5.41) is 0. The van der Waals surface area contributed by atoms with Gasteiger partial charge in [-0.1, -0.05) is 49.4 Å². The van der Waals surface area contributed by atoms with E-state index in [1.54, 1.807) is 6.20 Å². The molecule has 2 aromatic carbocycles. The number of anilines is 1. The number of carbonyl (C=O) groups excluding carboxylic acids is 1. The van der Waals surface area contributed by atoms with Gasteiger partial charge in [-0.25, -0.2) is 9.97 Å². The number of aldehydes is 1. The average molecular weight is 400 g/mol. The first-order valence-corrected chi connectivity index (χ1v) is 10.0. The number of rotatable bonds is 8. The van der Waals surface area contributed by atoms with E-state index in [1.165, 1.54) is 0 Å². The Kier molecular flexibility index (Phi) is 5.75. The van der Waals surface area contributed by atoms with Crippen molar-refractivity contribution in [3.8, 4) is 17.0 Å². The highest BCUT2D eigenvalue weighted by Gasteiger charge is 2.20. The molecule has 2 aromatic heterocycles. The van der Waals surface area contributed by atoms with Crippen molar-refractivity contribution in [3.63, 3.8) is 0 Å². The fraction of sp³-hybridized carbons (Fsp3) is 0.208. The lowest BCUT2D eigenvalue weighted by Crippen LogP contribution is -2.02. The highest BCUT2D eigenvalue weighted by Crippen LogP contribution is 2.33. The zero-order chi connectivity index (χ0) is 20.9. The molecule has 1 atom stereocenters. The molecule has 0 aliphatic rings. The predicted molar refractivity (Wildman–Crippen MR) is 117 cm³/mol. The lowest BCUT2D eigenvalue weighted by atomic mass is 10.1. The Hall–Kier alpha value is -3.67. The molecule has 0 spiro atoms. The zero-order valence-electron chi connectivity index (χ0n) is 16.9. The molecule has 0 bridgehead atoms. The Morgan fingerprint density at radius 1 is 1.17 bits per heavy atom. The van der Waals surface area contributed by atoms with Crippen LogP contribution in [0.4, 0.5) is 5.82 Å². The van der Waals surface area contributed by atoms with E-state index in [0.717, 1.165) is 46.6 Å². The fourth-order valence-corrected chi connectivity index (χ4v) is 3.56. The van der Waals surface area contributed by atoms with E-state index in [0.29, 0.717) is 18.8 Å². The first kappa shape index (κ1) is 19.6. The molecule has 2 heterocycles. The third-order valence-electron chi connectivity index (χ3n) is 5.12. The topological polar surface area (TPSA) is 82.5 Å². The molecular weight excluding hydrogens is 376 g/mol. The minimum absolute atomic E-state index is 0.107. The number of nitrogens with two attached hydrogens (primary N) is 1. The molecule has 0 aliphatic heterocycles. The Morgan fingerprint density at radius 3 is 2.80 bits per heavy atom. The van der Waals surface area contributed by atoms with Crippen LogP contribution in [0.5, 0.6) is 5.75 Å². The molecule has 152 valence electrons. The van der Waals surface area contributed by atoms with E-state index < -0.39 is 0 Å². The molecular formula is C24H24N4O2. The van der Waals surface area contributed by atoms with Gasteiger partial charge in [0.05, 0.1) is 0 Å². The number of hydrogen-bond donors (Lipinski definition) is 1. The van der Waals surface area contributed by atoms with Crippen molar-refractivity contribution in [3.05, 3.63) is 78.4 Å². The summed E-state index contributed by atoms with van der Waals surface area (Å²) in [5.74, 6) is 2.15. The van der Waals surface area contributed by atoms with Crippen molar-refractivity contribution < 1.29 is 9.53 Å². The smallest absolute Gasteiger partial charge is 0.150 e. The van der Waals surface area contributed by atoms with Crippen molar-refractivity contribution in [2.45, 2.75) is 32.3 Å². The second-order valence-corrected chi connectivity index (χ2v) is 7.30. The second kappa shape index (κ2) is 8.78. The molecule has 30 heavy (non-hydrogen) atoms. The summed E-state index contributed by atoms with van der Waals surface area (Å²) in [4.78, 5) is 20.0. The van der Waals surface area contributed by atoms with Crippen LogP contribution >= 0.6 is 0 Å². The van der Waals surface area contributed by atoms with Gasteiger partial charge in [-0.3, -0.25) is 4.40 Å². The van der Waals surface area contributed by atoms with E-state index in [2.05, 4.69) is 11.9 Å². The Bertz CT molecular complexity index is 1150. The maximum absolute atomic E-state index is 10.8. The van der Waals surface area contributed by atoms with Gasteiger partial charge in [0.25, 0.3) is 0 Å². The van der Waals surface area contributed by atoms with Crippen molar-refractivity contribution in [2.75, 3.05) is 5.73 Å². The molecule has 0 amide bonds. The molecule has 0 aliphatic carbocycles. The van der Waals surface area contributed by atoms with Crippen LogP contribution in [0.3, 0.4) is 0 Å². The predicted octanol–water partition coefficient (Wildman–Crippen LogP) is 4.64. The molecule has 6 heteroatoms. The number of nitrogens with zero attached hydrogens (tertiary/aromatic N) is 3. The number of aromatic nitrogens is 3. The molecule has 0 saturated heterocycles. The van der Waals surface area contributed by atoms with Crippen molar-refractivity contribution in [1.29, 1.82) is 0 Å². The van der Waals surface area contributed by atoms with E-state index >= 15 is 0 Å². The molecule has 4 aromatic rings. The molecule has 4 rings (SSSR count). The van der Waals surface area contributed by atoms with Crippen LogP contribution in [0, 0.1) is 0 Å². The summed E-state index contributed by atoms with van der Waals surface area (Å²) in [7, 11) is 0. The lowest BCUT2D eigenvalue weighted by molar-refractivity contribution is -0.108. The summed E-state index contributed by atoms with van der Waals surface area (Å²) in [6.07, 6.45) is 5.70. The number of fused-ring (bicyclic) bond motifs is 1. The zero-order valence-corrected chi connectivity index (χ0v) is 16.9. The van der Waals surface area contributed by atoms with Gasteiger partial charge in [-0.2, -0.15) is 0 Å². The van der Waals surface area contributed by atoms with Gasteiger partial charge in [0, 0.05) is 30.3 Å². The van der Waals surface area contributed by atoms with E-state index in [-0.39, 0.29) is 5.92 Å². The maximum Gasteiger partial charge on any atom is 0.150 e. The van der Waals surface area contributed by atoms with Crippen LogP contribution in [0.15, 0.2) is 67.0 Å². The van der Waals surface area contributed by atoms with Gasteiger partial charge < -0.3 is 15.3 Å². The minimum Gasteiger partial charge on any atom is -0.489 e. The fourth-order valence-electron chi connectivity index (χ4n) is 3.56. The monoisotopic (exact) mass is 400 g/mol. The van der Waals surface area contributed by atoms with Gasteiger partial charge in [0.15, 0.2) is 0 Å². The molecule has 1 unspecified atom stereocenters. The Balaban J connectivity index is 1.69. The van der Waals surface area contributed by atoms with Crippen molar-refractivity contribution >= 4 is 17.6 Å². The van der Waals surface area contributed by atoms with Gasteiger partial charge in [0.1, 0.15) is 41.5 Å². The lowest BCUT2D eigenvalue weighted by Gasteiger charge is -2.08. The SMILES string of the molecule is CC(CCC=O)c1nc(-c2cccc(OCc3ccccc3)c2)c2c(N)nccn12. The van der Waals surface area contributed by atoms with Crippen LogP contribution in [0.2, 0.25) is 0 Å². The molecule has 0 radical (unpaired) electrons. The van der Waals surface area contributed by atoms with E-state index in [1.807, 2.05) is 65.2 Å². The number of hydrogen-bond acceptors (Lipinski definition) is 5. The van der Waals surface area contributed by atoms with Crippen LogP contribution in [-0.2, 0) is 11.4 Å². The second-order valence-electron chi connectivity index (χ2n) is 7.30. The van der Waals surface area contributed by atoms with Gasteiger partial charge in [-0.15, -0.1) is 0 Å². The summed E-state index contributed by atoms with van der Waals surface area (Å²) >= 11 is 0. The number of nitrogen functional groups attached to an aromatic ring is 1. The largest absolute Gasteiger partial charge is 0.489 e. The Morgan fingerprint density at radius 2 is 2.00 bits per heavy atom. The average Bonchev–Trinajstić information content (AvgIpc) is 3.18. The summed E-state index contributed by atoms with van der Waals surface area (Å²) in [6, 6.07) is 17.9. The van der Waals surface area contributed by atoms with Gasteiger partial charge in [0.2, 0.25) is 0 Å². The van der Waals surface area contributed by atoms with Crippen LogP contribution in [0.25, 0.3) is 16.8 Å². The highest BCUT2D eigenvalue weighted by atomic mass is 16.5. The number of benzene rings is 2. The van der Waals surface area contributed by atoms with E-state index in [9.17, 15) is 4.79 Å².